The van der Waals surface area contributed by atoms with E-state index in [2.05, 4.69) is 77.8 Å². The van der Waals surface area contributed by atoms with Crippen LogP contribution in [0.15, 0.2) is 53.6 Å². The molecule has 1 aromatic carbocycles. The highest BCUT2D eigenvalue weighted by molar-refractivity contribution is 7.14. The number of aromatic amines is 1. The number of anilines is 1. The van der Waals surface area contributed by atoms with Crippen LogP contribution in [0.1, 0.15) is 118 Å². The normalized spacial score (nSPS) is 22.2. The molecule has 44 heteroatoms. The maximum atomic E-state index is 15.2. The molecule has 612 valence electrons. The Balaban J connectivity index is 0.986. The van der Waals surface area contributed by atoms with E-state index in [9.17, 15) is 79.2 Å². The third-order valence-corrected chi connectivity index (χ3v) is 19.7. The third kappa shape index (κ3) is 25.7. The summed E-state index contributed by atoms with van der Waals surface area (Å²) in [6.45, 7) is 6.82. The van der Waals surface area contributed by atoms with E-state index in [4.69, 9.17) is 52.4 Å². The summed E-state index contributed by atoms with van der Waals surface area (Å²) in [7, 11) is 0. The zero-order chi connectivity index (χ0) is 81.2. The molecule has 42 nitrogen and oxygen atoms in total. The predicted octanol–water partition coefficient (Wildman–Crippen LogP) is -6.80. The van der Waals surface area contributed by atoms with Crippen molar-refractivity contribution in [3.63, 3.8) is 0 Å². The van der Waals surface area contributed by atoms with Crippen molar-refractivity contribution >= 4 is 81.8 Å². The van der Waals surface area contributed by atoms with Crippen molar-refractivity contribution in [1.82, 2.24) is 77.8 Å². The SMILES string of the molecule is Cc1c(N)nc(C(CC(N)=O)NCC(N)C(N)=O)nc1C(=O)NC(C(=O)NC(C)C(O)C(C)C(=O)NC(C(=O)NCCc1nc(-c2nc(C(=O)NCCCNCCCCNCCCNC(=O)c3ccccc3)cs2)cs1)C(C)O)C(O[C@@H]1O[C@@H](CO)[C@@H](O)[C@H](O)[C@@H]1O[C@H]1O[C@H](CO)[C@@H](O)[C@H](OC(N)=O)[C@@H]1O)c1cnc[nH]1. The quantitative estimate of drug-likeness (QED) is 0.0161. The van der Waals surface area contributed by atoms with Crippen LogP contribution >= 0.6 is 22.7 Å². The van der Waals surface area contributed by atoms with Gasteiger partial charge in [0, 0.05) is 60.9 Å². The molecule has 0 spiro atoms. The van der Waals surface area contributed by atoms with E-state index in [0.717, 1.165) is 51.4 Å². The lowest BCUT2D eigenvalue weighted by Gasteiger charge is -2.47. The van der Waals surface area contributed by atoms with Crippen LogP contribution in [0, 0.1) is 12.8 Å². The Morgan fingerprint density at radius 1 is 0.676 bits per heavy atom. The number of nitrogens with two attached hydrogens (primary N) is 5. The molecule has 0 radical (unpaired) electrons. The summed E-state index contributed by atoms with van der Waals surface area (Å²) in [6, 6.07) is 1.17. The van der Waals surface area contributed by atoms with Crippen LogP contribution in [-0.4, -0.2) is 287 Å². The number of aliphatic hydroxyl groups is 8. The molecule has 28 N–H and O–H groups in total. The van der Waals surface area contributed by atoms with Gasteiger partial charge in [0.05, 0.1) is 72.7 Å². The summed E-state index contributed by atoms with van der Waals surface area (Å²) in [5.74, 6) is -8.88. The van der Waals surface area contributed by atoms with E-state index in [1.807, 2.05) is 18.2 Å². The van der Waals surface area contributed by atoms with Crippen LogP contribution in [-0.2, 0) is 54.1 Å². The Labute approximate surface area is 644 Å². The first-order valence-corrected chi connectivity index (χ1v) is 37.4. The Hall–Kier alpha value is -9.04. The number of hydrogen-bond donors (Lipinski definition) is 23. The first-order valence-electron chi connectivity index (χ1n) is 35.6. The number of thiazole rings is 2. The van der Waals surface area contributed by atoms with Crippen molar-refractivity contribution in [3.05, 3.63) is 92.7 Å². The zero-order valence-electron chi connectivity index (χ0n) is 61.2. The van der Waals surface area contributed by atoms with Gasteiger partial charge in [0.25, 0.3) is 17.7 Å². The van der Waals surface area contributed by atoms with Crippen molar-refractivity contribution in [3.8, 4) is 10.7 Å². The number of carbonyl (C=O) groups is 9. The number of unbranched alkanes of at least 4 members (excludes halogenated alkanes) is 1. The minimum Gasteiger partial charge on any atom is -0.441 e. The van der Waals surface area contributed by atoms with Crippen LogP contribution in [0.25, 0.3) is 10.7 Å². The predicted molar refractivity (Wildman–Crippen MR) is 393 cm³/mol. The molecule has 2 saturated heterocycles. The first-order chi connectivity index (χ1) is 52.9. The van der Waals surface area contributed by atoms with Crippen LogP contribution < -0.4 is 76.5 Å². The Morgan fingerprint density at radius 2 is 1.32 bits per heavy atom. The number of primary amides is 3. The van der Waals surface area contributed by atoms with Crippen molar-refractivity contribution in [2.45, 2.75) is 176 Å². The molecule has 2 aliphatic heterocycles. The number of H-pyrrole nitrogens is 1. The monoisotopic (exact) mass is 1600 g/mol. The van der Waals surface area contributed by atoms with Crippen molar-refractivity contribution in [1.29, 1.82) is 0 Å². The number of aliphatic hydroxyl groups excluding tert-OH is 8. The van der Waals surface area contributed by atoms with Crippen molar-refractivity contribution < 1.29 is 108 Å². The number of benzene rings is 1. The van der Waals surface area contributed by atoms with Crippen LogP contribution in [0.5, 0.6) is 0 Å². The summed E-state index contributed by atoms with van der Waals surface area (Å²) in [5.41, 5.74) is 28.7. The number of rotatable bonds is 45. The van der Waals surface area contributed by atoms with Crippen molar-refractivity contribution in [2.75, 3.05) is 71.3 Å². The van der Waals surface area contributed by atoms with Gasteiger partial charge in [0.2, 0.25) is 29.5 Å². The molecule has 5 aromatic rings. The number of nitrogen functional groups attached to an aromatic ring is 1. The van der Waals surface area contributed by atoms with Crippen LogP contribution in [0.2, 0.25) is 0 Å². The fourth-order valence-electron chi connectivity index (χ4n) is 11.5. The minimum absolute atomic E-state index is 0.0246. The Morgan fingerprint density at radius 3 is 1.95 bits per heavy atom. The lowest BCUT2D eigenvalue weighted by Crippen LogP contribution is -2.65. The second-order valence-corrected chi connectivity index (χ2v) is 28.1. The molecule has 0 bridgehead atoms. The van der Waals surface area contributed by atoms with E-state index in [-0.39, 0.29) is 59.9 Å². The number of nitrogens with one attached hydrogen (secondary N) is 10. The molecular formula is C67H100N20O22S2. The largest absolute Gasteiger partial charge is 0.441 e. The van der Waals surface area contributed by atoms with Gasteiger partial charge in [-0.05, 0) is 84.8 Å². The van der Waals surface area contributed by atoms with Gasteiger partial charge in [-0.3, -0.25) is 38.4 Å². The standard InChI is InChI=1S/C67H100N20O22S2/c1-30-44(84-57(87-55(30)70)36(22-42(69)91)79-23-35(68)56(71)97)62(102)86-46(52(37-24-75-29-80-37)107-66-54(50(95)48(93)40(25-88)106-66)108-65-51(96)53(109-67(72)104)49(94)41(26-89)105-65)63(103)81-32(3)47(92)31(2)58(98)85-45(33(4)90)61(101)78-21-14-43-82-39(28-110-43)64-83-38(27-111-64)60(100)77-20-11-18-74-16-9-8-15-73-17-10-19-76-59(99)34-12-6-5-7-13-34/h5-7,12-13,24,27-29,31-33,35-36,40-41,45-54,65-66,73-74,79,88-90,92-96H,8-11,14-23,25-26,68H2,1-4H3,(H2,69,91)(H2,71,97)(H2,72,104)(H,75,80)(H,76,99)(H,77,100)(H,78,101)(H,81,103)(H,85,98)(H,86,102)(H2,70,84,87)/t31?,32?,33?,35?,36?,40-,41+,45?,46?,47?,48+,49+,50-,51-,52?,53-,54-,65+,66-/m0/s1. The summed E-state index contributed by atoms with van der Waals surface area (Å²) >= 11 is 2.50. The molecular weight excluding hydrogens is 1500 g/mol. The van der Waals surface area contributed by atoms with Gasteiger partial charge in [0.1, 0.15) is 94.6 Å². The summed E-state index contributed by atoms with van der Waals surface area (Å²) in [6.07, 6.45) is -21.8. The molecule has 19 atom stereocenters. The number of ether oxygens (including phenoxy) is 5. The number of amides is 9. The Kier molecular flexibility index (Phi) is 35.1. The van der Waals surface area contributed by atoms with Gasteiger partial charge < -0.3 is 146 Å². The van der Waals surface area contributed by atoms with Gasteiger partial charge in [-0.2, -0.15) is 0 Å². The highest BCUT2D eigenvalue weighted by atomic mass is 32.1. The van der Waals surface area contributed by atoms with E-state index < -0.39 is 183 Å². The molecule has 6 heterocycles. The van der Waals surface area contributed by atoms with Gasteiger partial charge in [-0.1, -0.05) is 25.1 Å². The number of nitrogens with zero attached hydrogens (tertiary/aromatic N) is 5. The highest BCUT2D eigenvalue weighted by Crippen LogP contribution is 2.35. The summed E-state index contributed by atoms with van der Waals surface area (Å²) < 4.78 is 28.8. The third-order valence-electron chi connectivity index (χ3n) is 17.9. The second-order valence-electron chi connectivity index (χ2n) is 26.3. The number of imidazole rings is 1. The fraction of sp³-hybridized carbons (Fsp3) is 0.582. The maximum Gasteiger partial charge on any atom is 0.404 e. The topological polar surface area (TPSA) is 680 Å². The average molecular weight is 1600 g/mol. The second kappa shape index (κ2) is 43.7. The number of aromatic nitrogens is 6. The lowest BCUT2D eigenvalue weighted by atomic mass is 9.96. The molecule has 9 amide bonds. The van der Waals surface area contributed by atoms with E-state index in [1.54, 1.807) is 22.9 Å². The van der Waals surface area contributed by atoms with E-state index in [1.165, 1.54) is 50.4 Å². The first kappa shape index (κ1) is 89.2. The molecule has 0 saturated carbocycles. The van der Waals surface area contributed by atoms with Crippen LogP contribution in [0.3, 0.4) is 0 Å². The molecule has 9 unspecified atom stereocenters. The van der Waals surface area contributed by atoms with Gasteiger partial charge in [0.15, 0.2) is 18.7 Å². The lowest BCUT2D eigenvalue weighted by molar-refractivity contribution is -0.372. The molecule has 4 aromatic heterocycles. The summed E-state index contributed by atoms with van der Waals surface area (Å²) in [5, 5.41) is 118. The Bertz CT molecular complexity index is 3850. The van der Waals surface area contributed by atoms with Crippen LogP contribution in [0.4, 0.5) is 10.6 Å². The fourth-order valence-corrected chi connectivity index (χ4v) is 13.1. The molecule has 7 rings (SSSR count). The average Bonchev–Trinajstić information content (AvgIpc) is 1.08. The van der Waals surface area contributed by atoms with E-state index in [0.29, 0.717) is 47.3 Å². The molecule has 0 aliphatic carbocycles. The van der Waals surface area contributed by atoms with Gasteiger partial charge in [-0.25, -0.2) is 29.7 Å². The zero-order valence-corrected chi connectivity index (χ0v) is 62.8. The minimum atomic E-state index is -2.21. The molecule has 2 fully saturated rings. The van der Waals surface area contributed by atoms with Crippen molar-refractivity contribution in [2.24, 2.45) is 28.9 Å². The molecule has 2 aliphatic rings. The highest BCUT2D eigenvalue weighted by Gasteiger charge is 2.54. The molecule has 111 heavy (non-hydrogen) atoms. The smallest absolute Gasteiger partial charge is 0.404 e. The maximum absolute atomic E-state index is 15.2. The van der Waals surface area contributed by atoms with E-state index >= 15 is 4.79 Å². The van der Waals surface area contributed by atoms with Gasteiger partial charge in [-0.15, -0.1) is 22.7 Å². The van der Waals surface area contributed by atoms with Gasteiger partial charge >= 0.3 is 6.09 Å². The number of carbonyl (C=O) groups excluding carboxylic acids is 9. The number of hydrogen-bond acceptors (Lipinski definition) is 34. The summed E-state index contributed by atoms with van der Waals surface area (Å²) in [4.78, 5) is 144.